The molecule has 314 valence electrons. The van der Waals surface area contributed by atoms with Gasteiger partial charge in [0.05, 0.1) is 53.2 Å². The number of likely N-dealkylation sites (tertiary alicyclic amines) is 1. The molecule has 7 N–H and O–H groups in total. The van der Waals surface area contributed by atoms with Gasteiger partial charge in [0.2, 0.25) is 5.78 Å². The first kappa shape index (κ1) is 42.6. The number of benzene rings is 1. The number of nitrogens with one attached hydrogen (secondary N) is 2. The predicted octanol–water partition coefficient (Wildman–Crippen LogP) is 3.12. The Balaban J connectivity index is 1.50. The number of aliphatic hydroxyl groups is 2. The van der Waals surface area contributed by atoms with Crippen LogP contribution in [0.2, 0.25) is 0 Å². The number of nitrogens with two attached hydrogens (primary N) is 1. The Morgan fingerprint density at radius 2 is 1.62 bits per heavy atom. The Bertz CT molecular complexity index is 2050. The van der Waals surface area contributed by atoms with Gasteiger partial charge in [-0.05, 0) is 19.9 Å². The van der Waals surface area contributed by atoms with E-state index < -0.39 is 82.9 Å². The number of aromatic hydroxyl groups is 1. The second kappa shape index (κ2) is 16.0. The lowest BCUT2D eigenvalue weighted by Gasteiger charge is -2.37. The SMILES string of the molecule is COC1/C=C/OC2(C)Oc3c(C)c(O)c4c(c3C2=O)C2=NC3(CCN(C(N)=O)CC3)NC2=C(NC(=O)/C(C)=C\C=C\C(C)C(O)C(C)C(O)C(C)C(OC)C1C)C4=O. The van der Waals surface area contributed by atoms with E-state index in [2.05, 4.69) is 10.6 Å². The predicted molar refractivity (Wildman–Crippen MR) is 212 cm³/mol. The van der Waals surface area contributed by atoms with E-state index in [1.54, 1.807) is 39.0 Å². The lowest BCUT2D eigenvalue weighted by molar-refractivity contribution is -0.116. The molecule has 5 bridgehead atoms. The topological polar surface area (TPSA) is 232 Å². The van der Waals surface area contributed by atoms with Gasteiger partial charge in [-0.2, -0.15) is 0 Å². The maximum atomic E-state index is 14.6. The van der Waals surface area contributed by atoms with Crippen LogP contribution in [-0.4, -0.2) is 113 Å². The highest BCUT2D eigenvalue weighted by Gasteiger charge is 2.54. The monoisotopic (exact) mass is 805 g/mol. The molecule has 1 saturated heterocycles. The number of amides is 3. The van der Waals surface area contributed by atoms with Gasteiger partial charge >= 0.3 is 11.8 Å². The average Bonchev–Trinajstić information content (AvgIpc) is 3.69. The van der Waals surface area contributed by atoms with Crippen LogP contribution >= 0.6 is 0 Å². The van der Waals surface area contributed by atoms with E-state index in [1.165, 1.54) is 45.3 Å². The average molecular weight is 806 g/mol. The Morgan fingerprint density at radius 1 is 0.948 bits per heavy atom. The van der Waals surface area contributed by atoms with Gasteiger partial charge < -0.3 is 55.5 Å². The molecular weight excluding hydrogens is 750 g/mol. The summed E-state index contributed by atoms with van der Waals surface area (Å²) in [4.78, 5) is 61.5. The molecule has 1 aromatic rings. The van der Waals surface area contributed by atoms with Crippen LogP contribution in [0.25, 0.3) is 0 Å². The van der Waals surface area contributed by atoms with Crippen molar-refractivity contribution >= 4 is 29.2 Å². The Labute approximate surface area is 337 Å². The van der Waals surface area contributed by atoms with E-state index in [1.807, 2.05) is 13.8 Å². The van der Waals surface area contributed by atoms with Crippen molar-refractivity contribution in [3.05, 3.63) is 69.8 Å². The van der Waals surface area contributed by atoms with Gasteiger partial charge in [-0.25, -0.2) is 4.79 Å². The molecule has 4 heterocycles. The van der Waals surface area contributed by atoms with E-state index >= 15 is 0 Å². The minimum absolute atomic E-state index is 0.00419. The van der Waals surface area contributed by atoms with Gasteiger partial charge in [-0.15, -0.1) is 0 Å². The molecule has 0 aromatic heterocycles. The first-order valence-electron chi connectivity index (χ1n) is 19.6. The molecular formula is C42H55N5O11. The van der Waals surface area contributed by atoms with Gasteiger partial charge in [0, 0.05) is 87.4 Å². The summed E-state index contributed by atoms with van der Waals surface area (Å²) in [5.41, 5.74) is 4.73. The number of carbonyl (C=O) groups is 4. The second-order valence-electron chi connectivity index (χ2n) is 16.3. The standard InChI is InChI=1S/C42H55N5O11/c1-19-11-10-12-20(2)39(53)44-31-30-29(45-42(46-30)14-16-47(17-15-42)40(43)54)26-27(35(31)51)34(50)24(6)37-28(26)38(52)41(7,58-37)57-18-13-25(55-8)21(3)36(56-9)23(5)33(49)22(4)32(19)48/h10-13,18-19,21-23,25,32-33,36,46,48-50H,14-17H2,1-9H3,(H2,43,54)(H,44,53)/b11-10+,18-13+,20-12-. The molecule has 5 aliphatic rings. The van der Waals surface area contributed by atoms with Crippen molar-refractivity contribution in [3.63, 3.8) is 0 Å². The quantitative estimate of drug-likeness (QED) is 0.253. The zero-order valence-electron chi connectivity index (χ0n) is 34.4. The van der Waals surface area contributed by atoms with E-state index in [0.717, 1.165) is 0 Å². The van der Waals surface area contributed by atoms with Crippen molar-refractivity contribution in [2.24, 2.45) is 34.4 Å². The van der Waals surface area contributed by atoms with Crippen LogP contribution in [0, 0.1) is 30.6 Å². The molecule has 16 heteroatoms. The van der Waals surface area contributed by atoms with Crippen LogP contribution in [0.5, 0.6) is 11.5 Å². The Hall–Kier alpha value is -5.03. The second-order valence-corrected chi connectivity index (χ2v) is 16.3. The number of hydrogen-bond acceptors (Lipinski definition) is 13. The fourth-order valence-electron chi connectivity index (χ4n) is 8.77. The highest BCUT2D eigenvalue weighted by atomic mass is 16.7. The van der Waals surface area contributed by atoms with Crippen LogP contribution in [0.4, 0.5) is 4.79 Å². The molecule has 3 amide bonds. The van der Waals surface area contributed by atoms with Gasteiger partial charge in [-0.1, -0.05) is 45.9 Å². The third-order valence-corrected chi connectivity index (χ3v) is 12.5. The lowest BCUT2D eigenvalue weighted by Crippen LogP contribution is -2.52. The normalized spacial score (nSPS) is 34.6. The number of Topliss-reactive ketones (excluding diaryl/α,β-unsaturated/α-hetero) is 2. The van der Waals surface area contributed by atoms with E-state index in [-0.39, 0.29) is 82.5 Å². The number of primary amides is 1. The molecule has 58 heavy (non-hydrogen) atoms. The maximum absolute atomic E-state index is 14.6. The number of carbonyl (C=O) groups excluding carboxylic acids is 4. The van der Waals surface area contributed by atoms with Crippen molar-refractivity contribution in [2.45, 2.75) is 97.2 Å². The van der Waals surface area contributed by atoms with Gasteiger partial charge in [0.25, 0.3) is 11.7 Å². The summed E-state index contributed by atoms with van der Waals surface area (Å²) in [5, 5.41) is 40.6. The zero-order valence-corrected chi connectivity index (χ0v) is 34.4. The molecule has 16 nitrogen and oxygen atoms in total. The third kappa shape index (κ3) is 7.20. The summed E-state index contributed by atoms with van der Waals surface area (Å²) < 4.78 is 24.0. The number of nitrogens with zero attached hydrogens (tertiary/aromatic N) is 2. The molecule has 0 saturated carbocycles. The zero-order chi connectivity index (χ0) is 42.6. The summed E-state index contributed by atoms with van der Waals surface area (Å²) in [5.74, 6) is -6.27. The fourth-order valence-corrected chi connectivity index (χ4v) is 8.77. The molecule has 0 radical (unpaired) electrons. The number of rotatable bonds is 2. The number of fused-ring (bicyclic) bond motifs is 3. The number of aliphatic hydroxyl groups excluding tert-OH is 2. The number of hydrogen-bond donors (Lipinski definition) is 6. The lowest BCUT2D eigenvalue weighted by atomic mass is 9.78. The summed E-state index contributed by atoms with van der Waals surface area (Å²) in [6.45, 7) is 12.3. The number of allylic oxidation sites excluding steroid dienone is 4. The van der Waals surface area contributed by atoms with E-state index in [0.29, 0.717) is 0 Å². The largest absolute Gasteiger partial charge is 0.507 e. The first-order chi connectivity index (χ1) is 27.3. The Morgan fingerprint density at radius 3 is 2.24 bits per heavy atom. The number of ether oxygens (including phenoxy) is 4. The summed E-state index contributed by atoms with van der Waals surface area (Å²) in [6.07, 6.45) is 5.24. The van der Waals surface area contributed by atoms with Crippen LogP contribution in [-0.2, 0) is 19.0 Å². The van der Waals surface area contributed by atoms with E-state index in [9.17, 15) is 34.5 Å². The number of phenols is 1. The van der Waals surface area contributed by atoms with Crippen LogP contribution in [0.1, 0.15) is 86.2 Å². The number of ketones is 2. The van der Waals surface area contributed by atoms with Gasteiger partial charge in [0.1, 0.15) is 22.9 Å². The van der Waals surface area contributed by atoms with E-state index in [4.69, 9.17) is 29.7 Å². The Kier molecular flexibility index (Phi) is 11.7. The van der Waals surface area contributed by atoms with Crippen molar-refractivity contribution in [1.29, 1.82) is 0 Å². The minimum atomic E-state index is -1.96. The van der Waals surface area contributed by atoms with Gasteiger partial charge in [-0.3, -0.25) is 19.4 Å². The molecule has 1 fully saturated rings. The highest BCUT2D eigenvalue weighted by molar-refractivity contribution is 6.34. The summed E-state index contributed by atoms with van der Waals surface area (Å²) in [6, 6.07) is -0.584. The van der Waals surface area contributed by atoms with Gasteiger partial charge in [0.15, 0.2) is 0 Å². The van der Waals surface area contributed by atoms with Crippen molar-refractivity contribution in [2.75, 3.05) is 27.3 Å². The first-order valence-corrected chi connectivity index (χ1v) is 19.6. The summed E-state index contributed by atoms with van der Waals surface area (Å²) in [7, 11) is 3.05. The smallest absolute Gasteiger partial charge is 0.314 e. The molecule has 4 aliphatic heterocycles. The van der Waals surface area contributed by atoms with Crippen LogP contribution in [0.3, 0.4) is 0 Å². The number of phenolic OH excluding ortho intramolecular Hbond substituents is 1. The highest BCUT2D eigenvalue weighted by Crippen LogP contribution is 2.50. The molecule has 1 spiro atoms. The molecule has 9 atom stereocenters. The maximum Gasteiger partial charge on any atom is 0.314 e. The fraction of sp³-hybridized carbons (Fsp3) is 0.548. The molecule has 9 unspecified atom stereocenters. The number of urea groups is 1. The molecule has 1 aliphatic carbocycles. The molecule has 6 rings (SSSR count). The third-order valence-electron chi connectivity index (χ3n) is 12.5. The number of methoxy groups -OCH3 is 2. The van der Waals surface area contributed by atoms with Crippen molar-refractivity contribution in [1.82, 2.24) is 15.5 Å². The number of piperidine rings is 1. The molecule has 1 aromatic carbocycles. The van der Waals surface area contributed by atoms with Crippen LogP contribution in [0.15, 0.2) is 52.5 Å². The summed E-state index contributed by atoms with van der Waals surface area (Å²) >= 11 is 0. The minimum Gasteiger partial charge on any atom is -0.507 e. The van der Waals surface area contributed by atoms with Crippen LogP contribution < -0.4 is 21.1 Å². The number of aliphatic imine (C=N–C) groups is 1. The van der Waals surface area contributed by atoms with Crippen molar-refractivity contribution in [3.8, 4) is 11.5 Å². The van der Waals surface area contributed by atoms with Crippen molar-refractivity contribution < 1.29 is 53.4 Å².